The number of hydrogen-bond acceptors (Lipinski definition) is 5. The quantitative estimate of drug-likeness (QED) is 0.572. The summed E-state index contributed by atoms with van der Waals surface area (Å²) in [6.07, 6.45) is 0. The monoisotopic (exact) mass is 334 g/mol. The van der Waals surface area contributed by atoms with Gasteiger partial charge in [-0.3, -0.25) is 0 Å². The van der Waals surface area contributed by atoms with E-state index in [9.17, 15) is 4.55 Å². The third-order valence-corrected chi connectivity index (χ3v) is 4.56. The molecule has 0 bridgehead atoms. The Labute approximate surface area is 115 Å². The molecular weight excluding hydrogens is 328 g/mol. The van der Waals surface area contributed by atoms with E-state index in [0.717, 1.165) is 0 Å². The number of halogens is 2. The van der Waals surface area contributed by atoms with E-state index in [2.05, 4.69) is 25.9 Å². The molecule has 0 spiro atoms. The summed E-state index contributed by atoms with van der Waals surface area (Å²) in [5.74, 6) is 1.81. The van der Waals surface area contributed by atoms with E-state index in [0.29, 0.717) is 34.9 Å². The van der Waals surface area contributed by atoms with Crippen molar-refractivity contribution in [3.8, 4) is 6.07 Å². The van der Waals surface area contributed by atoms with Gasteiger partial charge in [0.1, 0.15) is 23.4 Å². The zero-order chi connectivity index (χ0) is 12.4. The highest BCUT2D eigenvalue weighted by atomic mass is 79.9. The summed E-state index contributed by atoms with van der Waals surface area (Å²) in [7, 11) is 0. The molecule has 1 aliphatic heterocycles. The van der Waals surface area contributed by atoms with Crippen LogP contribution in [0.1, 0.15) is 5.69 Å². The van der Waals surface area contributed by atoms with E-state index in [1.165, 1.54) is 0 Å². The Morgan fingerprint density at radius 3 is 2.65 bits per heavy atom. The molecule has 8 heteroatoms. The topological polar surface area (TPSA) is 75.9 Å². The Hall–Kier alpha value is -0.550. The minimum atomic E-state index is -0.752. The van der Waals surface area contributed by atoms with Crippen molar-refractivity contribution in [2.45, 2.75) is 0 Å². The average Bonchev–Trinajstić information content (AvgIpc) is 2.33. The number of hydrogen-bond donors (Lipinski definition) is 0. The summed E-state index contributed by atoms with van der Waals surface area (Å²) in [6, 6.07) is 1.96. The van der Waals surface area contributed by atoms with Gasteiger partial charge in [-0.2, -0.15) is 10.2 Å². The second-order valence-electron chi connectivity index (χ2n) is 3.43. The van der Waals surface area contributed by atoms with Gasteiger partial charge >= 0.3 is 0 Å². The maximum absolute atomic E-state index is 11.3. The smallest absolute Gasteiger partial charge is 0.225 e. The predicted octanol–water partition coefficient (Wildman–Crippen LogP) is 1.33. The van der Waals surface area contributed by atoms with E-state index in [-0.39, 0.29) is 11.0 Å². The lowest BCUT2D eigenvalue weighted by Crippen LogP contribution is -2.41. The standard InChI is InChI=1S/C9H8BrClN4OS/c10-7-6(5-12)13-9(11)14-8(7)15-1-3-17(16)4-2-15/h1-4H2. The highest BCUT2D eigenvalue weighted by Crippen LogP contribution is 2.28. The third-order valence-electron chi connectivity index (χ3n) is 2.39. The Morgan fingerprint density at radius 2 is 2.06 bits per heavy atom. The fourth-order valence-electron chi connectivity index (χ4n) is 1.54. The number of nitrogens with zero attached hydrogens (tertiary/aromatic N) is 4. The molecule has 90 valence electrons. The van der Waals surface area contributed by atoms with Crippen LogP contribution in [0.3, 0.4) is 0 Å². The Bertz CT molecular complexity index is 473. The fourth-order valence-corrected chi connectivity index (χ4v) is 3.28. The SMILES string of the molecule is N#Cc1nc(Cl)nc(N2CC[S+]([O-])CC2)c1Br. The van der Waals surface area contributed by atoms with Crippen LogP contribution in [0.2, 0.25) is 5.28 Å². The minimum Gasteiger partial charge on any atom is -0.616 e. The maximum atomic E-state index is 11.3. The van der Waals surface area contributed by atoms with Crippen molar-refractivity contribution in [1.29, 1.82) is 5.26 Å². The second kappa shape index (κ2) is 5.40. The van der Waals surface area contributed by atoms with Crippen molar-refractivity contribution >= 4 is 44.5 Å². The molecule has 5 nitrogen and oxygen atoms in total. The first-order valence-corrected chi connectivity index (χ1v) is 7.51. The molecule has 0 aromatic carbocycles. The molecule has 2 rings (SSSR count). The van der Waals surface area contributed by atoms with Gasteiger partial charge in [0, 0.05) is 0 Å². The molecule has 0 amide bonds. The van der Waals surface area contributed by atoms with Gasteiger partial charge in [-0.25, -0.2) is 4.98 Å². The van der Waals surface area contributed by atoms with Crippen molar-refractivity contribution in [3.63, 3.8) is 0 Å². The summed E-state index contributed by atoms with van der Waals surface area (Å²) in [6.45, 7) is 1.28. The van der Waals surface area contributed by atoms with E-state index in [4.69, 9.17) is 16.9 Å². The van der Waals surface area contributed by atoms with Crippen LogP contribution in [-0.2, 0) is 11.2 Å². The molecule has 0 aliphatic carbocycles. The maximum Gasteiger partial charge on any atom is 0.225 e. The first-order chi connectivity index (χ1) is 8.11. The van der Waals surface area contributed by atoms with Crippen LogP contribution in [0, 0.1) is 11.3 Å². The zero-order valence-electron chi connectivity index (χ0n) is 8.69. The summed E-state index contributed by atoms with van der Waals surface area (Å²) < 4.78 is 11.8. The van der Waals surface area contributed by atoms with Crippen LogP contribution in [0.15, 0.2) is 4.47 Å². The molecule has 1 aromatic rings. The van der Waals surface area contributed by atoms with Gasteiger partial charge in [0.25, 0.3) is 0 Å². The van der Waals surface area contributed by atoms with Crippen molar-refractivity contribution in [2.24, 2.45) is 0 Å². The number of nitriles is 1. The van der Waals surface area contributed by atoms with Gasteiger partial charge in [0.15, 0.2) is 5.69 Å². The molecule has 17 heavy (non-hydrogen) atoms. The predicted molar refractivity (Wildman–Crippen MR) is 69.5 cm³/mol. The van der Waals surface area contributed by atoms with Gasteiger partial charge in [0.2, 0.25) is 5.28 Å². The molecular formula is C9H8BrClN4OS. The molecule has 0 saturated carbocycles. The molecule has 2 heterocycles. The highest BCUT2D eigenvalue weighted by Gasteiger charge is 2.24. The lowest BCUT2D eigenvalue weighted by molar-refractivity contribution is 0.585. The van der Waals surface area contributed by atoms with Crippen molar-refractivity contribution < 1.29 is 4.55 Å². The molecule has 0 N–H and O–H groups in total. The summed E-state index contributed by atoms with van der Waals surface area (Å²) >= 11 is 8.32. The van der Waals surface area contributed by atoms with Crippen LogP contribution >= 0.6 is 27.5 Å². The Kier molecular flexibility index (Phi) is 4.09. The van der Waals surface area contributed by atoms with Gasteiger partial charge in [-0.05, 0) is 27.5 Å². The molecule has 1 aliphatic rings. The zero-order valence-corrected chi connectivity index (χ0v) is 11.8. The van der Waals surface area contributed by atoms with Gasteiger partial charge in [-0.1, -0.05) is 11.2 Å². The van der Waals surface area contributed by atoms with Crippen molar-refractivity contribution in [3.05, 3.63) is 15.5 Å². The molecule has 0 atom stereocenters. The number of aromatic nitrogens is 2. The fraction of sp³-hybridized carbons (Fsp3) is 0.444. The van der Waals surface area contributed by atoms with Gasteiger partial charge in [-0.15, -0.1) is 0 Å². The van der Waals surface area contributed by atoms with Crippen LogP contribution in [-0.4, -0.2) is 39.1 Å². The first-order valence-electron chi connectivity index (χ1n) is 4.85. The highest BCUT2D eigenvalue weighted by molar-refractivity contribution is 9.10. The molecule has 1 aromatic heterocycles. The molecule has 0 unspecified atom stereocenters. The van der Waals surface area contributed by atoms with E-state index < -0.39 is 11.2 Å². The van der Waals surface area contributed by atoms with Gasteiger partial charge in [0.05, 0.1) is 17.6 Å². The second-order valence-corrected chi connectivity index (χ2v) is 6.25. The number of rotatable bonds is 1. The van der Waals surface area contributed by atoms with Crippen LogP contribution in [0.4, 0.5) is 5.82 Å². The van der Waals surface area contributed by atoms with Crippen LogP contribution in [0.5, 0.6) is 0 Å². The van der Waals surface area contributed by atoms with E-state index in [1.54, 1.807) is 0 Å². The lowest BCUT2D eigenvalue weighted by atomic mass is 10.4. The van der Waals surface area contributed by atoms with E-state index in [1.807, 2.05) is 11.0 Å². The molecule has 1 saturated heterocycles. The van der Waals surface area contributed by atoms with Crippen molar-refractivity contribution in [1.82, 2.24) is 9.97 Å². The van der Waals surface area contributed by atoms with Crippen molar-refractivity contribution in [2.75, 3.05) is 29.5 Å². The summed E-state index contributed by atoms with van der Waals surface area (Å²) in [5, 5.41) is 8.96. The Balaban J connectivity index is 2.32. The largest absolute Gasteiger partial charge is 0.616 e. The minimum absolute atomic E-state index is 0.0476. The van der Waals surface area contributed by atoms with Crippen LogP contribution < -0.4 is 4.90 Å². The van der Waals surface area contributed by atoms with Gasteiger partial charge < -0.3 is 9.45 Å². The lowest BCUT2D eigenvalue weighted by Gasteiger charge is -2.29. The summed E-state index contributed by atoms with van der Waals surface area (Å²) in [4.78, 5) is 9.89. The average molecular weight is 336 g/mol. The third kappa shape index (κ3) is 2.83. The first kappa shape index (κ1) is 12.9. The molecule has 1 fully saturated rings. The number of anilines is 1. The van der Waals surface area contributed by atoms with Crippen LogP contribution in [0.25, 0.3) is 0 Å². The normalized spacial score (nSPS) is 16.9. The Morgan fingerprint density at radius 1 is 1.41 bits per heavy atom. The summed E-state index contributed by atoms with van der Waals surface area (Å²) in [5.41, 5.74) is 0.215. The molecule has 0 radical (unpaired) electrons. The van der Waals surface area contributed by atoms with E-state index >= 15 is 0 Å².